The van der Waals surface area contributed by atoms with Gasteiger partial charge in [0, 0.05) is 24.8 Å². The number of aryl methyl sites for hydroxylation is 2. The first-order valence-corrected chi connectivity index (χ1v) is 6.73. The second-order valence-electron chi connectivity index (χ2n) is 5.99. The van der Waals surface area contributed by atoms with E-state index in [-0.39, 0.29) is 11.4 Å². The van der Waals surface area contributed by atoms with E-state index in [2.05, 4.69) is 24.3 Å². The van der Waals surface area contributed by atoms with E-state index >= 15 is 0 Å². The van der Waals surface area contributed by atoms with Gasteiger partial charge >= 0.3 is 0 Å². The summed E-state index contributed by atoms with van der Waals surface area (Å²) in [5.41, 5.74) is 7.74. The van der Waals surface area contributed by atoms with Gasteiger partial charge in [0.05, 0.1) is 11.3 Å². The maximum Gasteiger partial charge on any atom is 0.255 e. The highest BCUT2D eigenvalue weighted by Gasteiger charge is 2.28. The van der Waals surface area contributed by atoms with Crippen LogP contribution in [0.4, 0.5) is 0 Å². The van der Waals surface area contributed by atoms with Gasteiger partial charge in [-0.3, -0.25) is 9.48 Å². The van der Waals surface area contributed by atoms with Gasteiger partial charge in [0.2, 0.25) is 0 Å². The van der Waals surface area contributed by atoms with Gasteiger partial charge in [-0.25, -0.2) is 0 Å². The third kappa shape index (κ3) is 3.56. The molecule has 0 aromatic carbocycles. The second kappa shape index (κ2) is 5.74. The maximum absolute atomic E-state index is 12.4. The monoisotopic (exact) mass is 266 g/mol. The molecular formula is C14H26N4O. The van der Waals surface area contributed by atoms with E-state index in [0.29, 0.717) is 18.0 Å². The summed E-state index contributed by atoms with van der Waals surface area (Å²) in [6.07, 6.45) is 0.855. The molecule has 0 saturated heterocycles. The molecule has 5 heteroatoms. The lowest BCUT2D eigenvalue weighted by Crippen LogP contribution is -2.52. The quantitative estimate of drug-likeness (QED) is 0.849. The van der Waals surface area contributed by atoms with E-state index < -0.39 is 0 Å². The standard InChI is InChI=1S/C14H26N4O/c1-9(2)7-14(5,8-15)16-13(19)12-10(3)17-18(6)11(12)4/h9H,7-8,15H2,1-6H3,(H,16,19). The summed E-state index contributed by atoms with van der Waals surface area (Å²) in [5, 5.41) is 7.34. The van der Waals surface area contributed by atoms with Crippen LogP contribution in [-0.4, -0.2) is 27.8 Å². The minimum absolute atomic E-state index is 0.0864. The molecule has 0 radical (unpaired) electrons. The Morgan fingerprint density at radius 3 is 2.42 bits per heavy atom. The largest absolute Gasteiger partial charge is 0.345 e. The van der Waals surface area contributed by atoms with E-state index in [1.807, 2.05) is 27.8 Å². The highest BCUT2D eigenvalue weighted by molar-refractivity contribution is 5.96. The number of amides is 1. The predicted octanol–water partition coefficient (Wildman–Crippen LogP) is 1.53. The first-order chi connectivity index (χ1) is 8.70. The number of hydrogen-bond donors (Lipinski definition) is 2. The molecule has 0 aliphatic carbocycles. The Morgan fingerprint density at radius 1 is 1.47 bits per heavy atom. The van der Waals surface area contributed by atoms with E-state index in [1.165, 1.54) is 0 Å². The zero-order valence-electron chi connectivity index (χ0n) is 12.9. The van der Waals surface area contributed by atoms with Crippen molar-refractivity contribution in [3.8, 4) is 0 Å². The molecule has 0 aliphatic heterocycles. The third-order valence-electron chi connectivity index (χ3n) is 3.46. The van der Waals surface area contributed by atoms with Crippen LogP contribution >= 0.6 is 0 Å². The molecule has 19 heavy (non-hydrogen) atoms. The van der Waals surface area contributed by atoms with Crippen molar-refractivity contribution in [1.29, 1.82) is 0 Å². The van der Waals surface area contributed by atoms with Crippen molar-refractivity contribution in [1.82, 2.24) is 15.1 Å². The highest BCUT2D eigenvalue weighted by atomic mass is 16.1. The van der Waals surface area contributed by atoms with Crippen LogP contribution in [-0.2, 0) is 7.05 Å². The van der Waals surface area contributed by atoms with Crippen LogP contribution in [0.25, 0.3) is 0 Å². The van der Waals surface area contributed by atoms with Crippen LogP contribution in [0.15, 0.2) is 0 Å². The van der Waals surface area contributed by atoms with Gasteiger partial charge in [0.25, 0.3) is 5.91 Å². The van der Waals surface area contributed by atoms with Crippen molar-refractivity contribution >= 4 is 5.91 Å². The van der Waals surface area contributed by atoms with Gasteiger partial charge in [-0.05, 0) is 33.1 Å². The van der Waals surface area contributed by atoms with Crippen molar-refractivity contribution in [3.63, 3.8) is 0 Å². The van der Waals surface area contributed by atoms with Gasteiger partial charge in [0.15, 0.2) is 0 Å². The molecule has 1 heterocycles. The Hall–Kier alpha value is -1.36. The van der Waals surface area contributed by atoms with Crippen LogP contribution in [0.2, 0.25) is 0 Å². The van der Waals surface area contributed by atoms with Crippen LogP contribution in [0.1, 0.15) is 48.9 Å². The van der Waals surface area contributed by atoms with Crippen LogP contribution in [0.3, 0.4) is 0 Å². The molecule has 1 rings (SSSR count). The molecular weight excluding hydrogens is 240 g/mol. The molecule has 1 amide bonds. The first-order valence-electron chi connectivity index (χ1n) is 6.73. The lowest BCUT2D eigenvalue weighted by Gasteiger charge is -2.31. The Labute approximate surface area is 115 Å². The molecule has 0 aliphatic rings. The fourth-order valence-corrected chi connectivity index (χ4v) is 2.53. The molecule has 1 unspecified atom stereocenters. The van der Waals surface area contributed by atoms with E-state index in [9.17, 15) is 4.79 Å². The lowest BCUT2D eigenvalue weighted by atomic mass is 9.90. The predicted molar refractivity (Wildman–Crippen MR) is 77.1 cm³/mol. The number of hydrogen-bond acceptors (Lipinski definition) is 3. The average Bonchev–Trinajstić information content (AvgIpc) is 2.51. The summed E-state index contributed by atoms with van der Waals surface area (Å²) in [7, 11) is 1.84. The van der Waals surface area contributed by atoms with Crippen molar-refractivity contribution < 1.29 is 4.79 Å². The van der Waals surface area contributed by atoms with Gasteiger partial charge in [-0.2, -0.15) is 5.10 Å². The zero-order chi connectivity index (χ0) is 14.8. The summed E-state index contributed by atoms with van der Waals surface area (Å²) in [4.78, 5) is 12.4. The van der Waals surface area contributed by atoms with Crippen LogP contribution in [0, 0.1) is 19.8 Å². The Bertz CT molecular complexity index is 464. The van der Waals surface area contributed by atoms with Gasteiger partial charge in [-0.1, -0.05) is 13.8 Å². The number of rotatable bonds is 5. The fraction of sp³-hybridized carbons (Fsp3) is 0.714. The minimum Gasteiger partial charge on any atom is -0.345 e. The molecule has 0 spiro atoms. The van der Waals surface area contributed by atoms with Crippen LogP contribution in [0.5, 0.6) is 0 Å². The fourth-order valence-electron chi connectivity index (χ4n) is 2.53. The maximum atomic E-state index is 12.4. The number of nitrogens with zero attached hydrogens (tertiary/aromatic N) is 2. The Kier molecular flexibility index (Phi) is 4.74. The molecule has 1 aromatic heterocycles. The SMILES string of the molecule is Cc1nn(C)c(C)c1C(=O)NC(C)(CN)CC(C)C. The van der Waals surface area contributed by atoms with Gasteiger partial charge in [-0.15, -0.1) is 0 Å². The van der Waals surface area contributed by atoms with E-state index in [4.69, 9.17) is 5.73 Å². The normalized spacial score (nSPS) is 14.5. The molecule has 1 atom stereocenters. The van der Waals surface area contributed by atoms with Crippen molar-refractivity contribution in [2.24, 2.45) is 18.7 Å². The number of nitrogens with one attached hydrogen (secondary N) is 1. The zero-order valence-corrected chi connectivity index (χ0v) is 12.9. The number of carbonyl (C=O) groups excluding carboxylic acids is 1. The first kappa shape index (κ1) is 15.7. The van der Waals surface area contributed by atoms with Gasteiger partial charge < -0.3 is 11.1 Å². The topological polar surface area (TPSA) is 72.9 Å². The number of aromatic nitrogens is 2. The number of nitrogens with two attached hydrogens (primary N) is 1. The van der Waals surface area contributed by atoms with Gasteiger partial charge in [0.1, 0.15) is 0 Å². The van der Waals surface area contributed by atoms with Crippen molar-refractivity contribution in [2.45, 2.75) is 46.6 Å². The minimum atomic E-state index is -0.375. The average molecular weight is 266 g/mol. The third-order valence-corrected chi connectivity index (χ3v) is 3.46. The highest BCUT2D eigenvalue weighted by Crippen LogP contribution is 2.18. The van der Waals surface area contributed by atoms with Crippen molar-refractivity contribution in [3.05, 3.63) is 17.0 Å². The summed E-state index contributed by atoms with van der Waals surface area (Å²) in [6.45, 7) is 10.4. The van der Waals surface area contributed by atoms with E-state index in [1.54, 1.807) is 4.68 Å². The molecule has 3 N–H and O–H groups in total. The molecule has 0 bridgehead atoms. The summed E-state index contributed by atoms with van der Waals surface area (Å²) >= 11 is 0. The Morgan fingerprint density at radius 2 is 2.05 bits per heavy atom. The van der Waals surface area contributed by atoms with Crippen molar-refractivity contribution in [2.75, 3.05) is 6.54 Å². The molecule has 108 valence electrons. The molecule has 0 fully saturated rings. The smallest absolute Gasteiger partial charge is 0.255 e. The lowest BCUT2D eigenvalue weighted by molar-refractivity contribution is 0.0897. The molecule has 0 saturated carbocycles. The second-order valence-corrected chi connectivity index (χ2v) is 5.99. The summed E-state index contributed by atoms with van der Waals surface area (Å²) in [5.74, 6) is 0.390. The summed E-state index contributed by atoms with van der Waals surface area (Å²) in [6, 6.07) is 0. The number of carbonyl (C=O) groups is 1. The van der Waals surface area contributed by atoms with Crippen LogP contribution < -0.4 is 11.1 Å². The van der Waals surface area contributed by atoms with E-state index in [0.717, 1.165) is 17.8 Å². The molecule has 5 nitrogen and oxygen atoms in total. The Balaban J connectivity index is 2.95. The summed E-state index contributed by atoms with van der Waals surface area (Å²) < 4.78 is 1.73. The molecule has 1 aromatic rings.